The van der Waals surface area contributed by atoms with Crippen molar-refractivity contribution in [3.63, 3.8) is 0 Å². The Balaban J connectivity index is 0.00000151. The number of para-hydroxylation sites is 1. The molecule has 0 spiro atoms. The second kappa shape index (κ2) is 15.8. The number of halogens is 1. The summed E-state index contributed by atoms with van der Waals surface area (Å²) in [5, 5.41) is 0. The zero-order chi connectivity index (χ0) is 31.1. The van der Waals surface area contributed by atoms with E-state index in [1.54, 1.807) is 25.0 Å². The van der Waals surface area contributed by atoms with Crippen molar-refractivity contribution in [2.24, 2.45) is 0 Å². The molecule has 0 amide bonds. The number of hydrogen-bond acceptors (Lipinski definition) is 5. The molecule has 1 aliphatic rings. The summed E-state index contributed by atoms with van der Waals surface area (Å²) in [4.78, 5) is 8.60. The molecule has 1 aromatic heterocycles. The van der Waals surface area contributed by atoms with Crippen molar-refractivity contribution in [2.75, 3.05) is 11.9 Å². The number of ether oxygens (including phenoxy) is 2. The van der Waals surface area contributed by atoms with E-state index in [0.29, 0.717) is 23.0 Å². The third-order valence-corrected chi connectivity index (χ3v) is 6.67. The maximum atomic E-state index is 6.34. The molecular formula is C37H29ClN3O2Pt2-6. The Hall–Kier alpha value is -3.36. The fourth-order valence-corrected chi connectivity index (χ4v) is 4.44. The van der Waals surface area contributed by atoms with Crippen molar-refractivity contribution in [2.45, 2.75) is 26.2 Å². The molecule has 8 heteroatoms. The van der Waals surface area contributed by atoms with E-state index in [4.69, 9.17) is 9.47 Å². The number of anilines is 1. The van der Waals surface area contributed by atoms with Crippen molar-refractivity contribution in [3.8, 4) is 45.4 Å². The van der Waals surface area contributed by atoms with E-state index in [0.717, 1.165) is 33.6 Å². The second-order valence-electron chi connectivity index (χ2n) is 11.0. The zero-order valence-corrected chi connectivity index (χ0v) is 30.3. The van der Waals surface area contributed by atoms with E-state index < -0.39 is 0 Å². The van der Waals surface area contributed by atoms with Crippen LogP contribution in [0.4, 0.5) is 5.69 Å². The number of benzene rings is 4. The molecule has 0 bridgehead atoms. The molecule has 0 unspecified atom stereocenters. The zero-order valence-electron chi connectivity index (χ0n) is 25.0. The second-order valence-corrected chi connectivity index (χ2v) is 11.0. The number of pyridine rings is 1. The quantitative estimate of drug-likeness (QED) is 0.152. The summed E-state index contributed by atoms with van der Waals surface area (Å²) in [6.45, 7) is 8.57. The third kappa shape index (κ3) is 9.10. The van der Waals surface area contributed by atoms with Crippen LogP contribution >= 0.6 is 9.42 Å². The van der Waals surface area contributed by atoms with Gasteiger partial charge in [-0.2, -0.15) is 37.0 Å². The molecule has 0 atom stereocenters. The summed E-state index contributed by atoms with van der Waals surface area (Å²) >= 11 is 1.61. The van der Waals surface area contributed by atoms with Gasteiger partial charge in [0.2, 0.25) is 0 Å². The van der Waals surface area contributed by atoms with Crippen molar-refractivity contribution in [1.82, 2.24) is 9.88 Å². The van der Waals surface area contributed by atoms with Gasteiger partial charge in [0, 0.05) is 44.1 Å². The van der Waals surface area contributed by atoms with Gasteiger partial charge in [0.1, 0.15) is 0 Å². The van der Waals surface area contributed by atoms with Gasteiger partial charge in [-0.1, -0.05) is 38.7 Å². The van der Waals surface area contributed by atoms with E-state index in [2.05, 4.69) is 71.6 Å². The Labute approximate surface area is 295 Å². The average molecular weight is 973 g/mol. The Kier molecular flexibility index (Phi) is 12.1. The van der Waals surface area contributed by atoms with Crippen LogP contribution in [-0.4, -0.2) is 16.9 Å². The molecule has 0 fully saturated rings. The summed E-state index contributed by atoms with van der Waals surface area (Å²) in [5.74, 6) is 2.44. The molecule has 0 aliphatic carbocycles. The fraction of sp³-hybridized carbons (Fsp3) is 0.135. The van der Waals surface area contributed by atoms with Gasteiger partial charge in [0.05, 0.1) is 0 Å². The molecule has 0 saturated heterocycles. The van der Waals surface area contributed by atoms with Crippen molar-refractivity contribution >= 4 is 15.1 Å². The number of hydrogen-bond donors (Lipinski definition) is 0. The minimum absolute atomic E-state index is 0. The minimum Gasteiger partial charge on any atom is 0 e. The van der Waals surface area contributed by atoms with Gasteiger partial charge in [0.25, 0.3) is 0 Å². The van der Waals surface area contributed by atoms with Gasteiger partial charge in [0.15, 0.2) is 0 Å². The monoisotopic (exact) mass is 972 g/mol. The van der Waals surface area contributed by atoms with Crippen LogP contribution in [0.5, 0.6) is 23.0 Å². The first kappa shape index (κ1) is 34.5. The molecule has 237 valence electrons. The van der Waals surface area contributed by atoms with Crippen molar-refractivity contribution in [3.05, 3.63) is 140 Å². The van der Waals surface area contributed by atoms with Gasteiger partial charge in [-0.15, -0.1) is 71.4 Å². The maximum Gasteiger partial charge on any atom is 0 e. The van der Waals surface area contributed by atoms with Crippen LogP contribution in [0, 0.1) is 37.0 Å². The molecule has 6 rings (SSSR count). The first-order chi connectivity index (χ1) is 21.3. The molecule has 5 aromatic rings. The van der Waals surface area contributed by atoms with E-state index in [1.165, 1.54) is 0 Å². The fourth-order valence-electron chi connectivity index (χ4n) is 4.44. The van der Waals surface area contributed by atoms with E-state index in [1.807, 2.05) is 109 Å². The van der Waals surface area contributed by atoms with E-state index >= 15 is 0 Å². The van der Waals surface area contributed by atoms with Crippen LogP contribution in [0.25, 0.3) is 22.4 Å². The maximum absolute atomic E-state index is 6.34. The molecular weight excluding hydrogens is 944 g/mol. The van der Waals surface area contributed by atoms with Gasteiger partial charge >= 0.3 is 28.2 Å². The molecule has 4 aromatic carbocycles. The van der Waals surface area contributed by atoms with Crippen LogP contribution in [0.1, 0.15) is 26.3 Å². The molecule has 5 nitrogen and oxygen atoms in total. The Morgan fingerprint density at radius 1 is 0.756 bits per heavy atom. The van der Waals surface area contributed by atoms with Gasteiger partial charge in [-0.05, 0) is 24.9 Å². The summed E-state index contributed by atoms with van der Waals surface area (Å²) in [5.41, 5.74) is 5.24. The first-order valence-corrected chi connectivity index (χ1v) is 16.6. The Morgan fingerprint density at radius 2 is 1.44 bits per heavy atom. The van der Waals surface area contributed by atoms with Crippen LogP contribution < -0.4 is 14.4 Å². The SMILES string of the molecule is CN1C=CN(c2[c-]c(Oc3[c-]c(-c4cc(-c5[c-]c(Oc6[c-]cccc6)ccc5)[c-]cn4)ccc3)cc(C(C)(C)C)c2)[CH-]1.[Cl][Pt].[Pt]. The van der Waals surface area contributed by atoms with Crippen LogP contribution in [0.3, 0.4) is 0 Å². The Bertz CT molecular complexity index is 1740. The number of aromatic nitrogens is 1. The standard InChI is InChI=1S/C37H29N3O2.ClH.2Pt/c1-37(2,3)30-23-31(40-19-18-39(4)26-40)25-35(24-30)42-34-15-9-11-29(21-34)36-22-28(16-17-38-36)27-10-8-14-33(20-27)41-32-12-6-5-7-13-32;;;/h5-12,14-15,17-19,22-24,26H,1-4H3;1H;;/q-6;;;+1/p-1. The minimum atomic E-state index is -0.0670. The van der Waals surface area contributed by atoms with Crippen molar-refractivity contribution < 1.29 is 49.3 Å². The summed E-state index contributed by atoms with van der Waals surface area (Å²) in [6.07, 6.45) is 5.67. The van der Waals surface area contributed by atoms with E-state index in [9.17, 15) is 0 Å². The topological polar surface area (TPSA) is 37.8 Å². The summed E-state index contributed by atoms with van der Waals surface area (Å²) in [7, 11) is 6.61. The Morgan fingerprint density at radius 3 is 2.11 bits per heavy atom. The van der Waals surface area contributed by atoms with Crippen LogP contribution in [0.2, 0.25) is 0 Å². The molecule has 0 radical (unpaired) electrons. The van der Waals surface area contributed by atoms with Gasteiger partial charge < -0.3 is 24.3 Å². The predicted octanol–water partition coefficient (Wildman–Crippen LogP) is 9.33. The van der Waals surface area contributed by atoms with Gasteiger partial charge in [-0.25, -0.2) is 18.2 Å². The third-order valence-electron chi connectivity index (χ3n) is 6.67. The summed E-state index contributed by atoms with van der Waals surface area (Å²) in [6, 6.07) is 41.6. The largest absolute Gasteiger partial charge is 0 e. The molecule has 0 saturated carbocycles. The molecule has 1 aliphatic heterocycles. The van der Waals surface area contributed by atoms with Crippen LogP contribution in [-0.2, 0) is 45.3 Å². The van der Waals surface area contributed by atoms with Gasteiger partial charge in [-0.3, -0.25) is 11.1 Å². The van der Waals surface area contributed by atoms with Crippen LogP contribution in [0.15, 0.2) is 97.5 Å². The van der Waals surface area contributed by atoms with E-state index in [-0.39, 0.29) is 26.5 Å². The molecule has 45 heavy (non-hydrogen) atoms. The average Bonchev–Trinajstić information content (AvgIpc) is 3.48. The predicted molar refractivity (Wildman–Crippen MR) is 171 cm³/mol. The number of nitrogens with zero attached hydrogens (tertiary/aromatic N) is 3. The first-order valence-electron chi connectivity index (χ1n) is 13.8. The normalized spacial score (nSPS) is 12.2. The molecule has 2 heterocycles. The molecule has 0 N–H and O–H groups in total. The van der Waals surface area contributed by atoms with Crippen molar-refractivity contribution in [1.29, 1.82) is 0 Å². The summed E-state index contributed by atoms with van der Waals surface area (Å²) < 4.78 is 12.3. The number of rotatable bonds is 7. The smallest absolute Gasteiger partial charge is 0 e.